The van der Waals surface area contributed by atoms with Gasteiger partial charge in [-0.2, -0.15) is 0 Å². The number of hydrogen-bond acceptors (Lipinski definition) is 3. The minimum atomic E-state index is -0.478. The molecule has 0 aliphatic rings. The number of hydrogen-bond donors (Lipinski definition) is 1. The van der Waals surface area contributed by atoms with Crippen LogP contribution in [0, 0.1) is 10.1 Å². The number of nitrogens with one attached hydrogen (secondary N) is 1. The average molecular weight is 319 g/mol. The SMILES string of the molecule is O=C(Cc1ccccc1[N+](=O)[O-])NCCc1cccc(Cl)c1. The van der Waals surface area contributed by atoms with Gasteiger partial charge in [-0.25, -0.2) is 0 Å². The fourth-order valence-electron chi connectivity index (χ4n) is 2.11. The molecule has 0 saturated heterocycles. The monoisotopic (exact) mass is 318 g/mol. The summed E-state index contributed by atoms with van der Waals surface area (Å²) >= 11 is 5.89. The second-order valence-electron chi connectivity index (χ2n) is 4.79. The third kappa shape index (κ3) is 4.56. The van der Waals surface area contributed by atoms with Crippen molar-refractivity contribution in [1.29, 1.82) is 0 Å². The zero-order chi connectivity index (χ0) is 15.9. The molecule has 2 aromatic rings. The van der Waals surface area contributed by atoms with Gasteiger partial charge < -0.3 is 5.32 Å². The van der Waals surface area contributed by atoms with Crippen molar-refractivity contribution in [2.24, 2.45) is 0 Å². The molecule has 0 radical (unpaired) electrons. The van der Waals surface area contributed by atoms with E-state index in [4.69, 9.17) is 11.6 Å². The van der Waals surface area contributed by atoms with Gasteiger partial charge in [0.15, 0.2) is 0 Å². The summed E-state index contributed by atoms with van der Waals surface area (Å²) in [6.07, 6.45) is 0.649. The van der Waals surface area contributed by atoms with E-state index in [0.29, 0.717) is 23.6 Å². The van der Waals surface area contributed by atoms with E-state index < -0.39 is 4.92 Å². The van der Waals surface area contributed by atoms with Crippen LogP contribution in [-0.4, -0.2) is 17.4 Å². The van der Waals surface area contributed by atoms with E-state index in [-0.39, 0.29) is 18.0 Å². The molecule has 2 rings (SSSR count). The Hall–Kier alpha value is -2.40. The first kappa shape index (κ1) is 16.0. The van der Waals surface area contributed by atoms with Crippen molar-refractivity contribution >= 4 is 23.2 Å². The van der Waals surface area contributed by atoms with Crippen molar-refractivity contribution < 1.29 is 9.72 Å². The molecule has 5 nitrogen and oxygen atoms in total. The smallest absolute Gasteiger partial charge is 0.273 e. The van der Waals surface area contributed by atoms with Crippen LogP contribution in [-0.2, 0) is 17.6 Å². The molecule has 0 atom stereocenters. The normalized spacial score (nSPS) is 10.2. The number of nitro groups is 1. The number of amides is 1. The maximum Gasteiger partial charge on any atom is 0.273 e. The molecule has 0 fully saturated rings. The molecule has 114 valence electrons. The number of nitrogens with zero attached hydrogens (tertiary/aromatic N) is 1. The zero-order valence-corrected chi connectivity index (χ0v) is 12.5. The molecule has 0 aromatic heterocycles. The minimum absolute atomic E-state index is 0.00724. The Kier molecular flexibility index (Phi) is 5.49. The molecule has 1 N–H and O–H groups in total. The van der Waals surface area contributed by atoms with E-state index in [2.05, 4.69) is 5.32 Å². The Labute approximate surface area is 133 Å². The largest absolute Gasteiger partial charge is 0.355 e. The lowest BCUT2D eigenvalue weighted by molar-refractivity contribution is -0.385. The van der Waals surface area contributed by atoms with E-state index in [1.165, 1.54) is 6.07 Å². The highest BCUT2D eigenvalue weighted by atomic mass is 35.5. The molecule has 2 aromatic carbocycles. The lowest BCUT2D eigenvalue weighted by atomic mass is 10.1. The summed E-state index contributed by atoms with van der Waals surface area (Å²) in [6, 6.07) is 13.7. The van der Waals surface area contributed by atoms with Crippen molar-refractivity contribution in [2.45, 2.75) is 12.8 Å². The molecular weight excluding hydrogens is 304 g/mol. The van der Waals surface area contributed by atoms with Crippen LogP contribution in [0.5, 0.6) is 0 Å². The standard InChI is InChI=1S/C16H15ClN2O3/c17-14-6-3-4-12(10-14)8-9-18-16(20)11-13-5-1-2-7-15(13)19(21)22/h1-7,10H,8-9,11H2,(H,18,20). The van der Waals surface area contributed by atoms with Crippen LogP contribution in [0.3, 0.4) is 0 Å². The van der Waals surface area contributed by atoms with Gasteiger partial charge in [0.2, 0.25) is 5.91 Å². The summed E-state index contributed by atoms with van der Waals surface area (Å²) in [4.78, 5) is 22.3. The van der Waals surface area contributed by atoms with Crippen LogP contribution in [0.1, 0.15) is 11.1 Å². The second-order valence-corrected chi connectivity index (χ2v) is 5.23. The number of carbonyl (C=O) groups excluding carboxylic acids is 1. The quantitative estimate of drug-likeness (QED) is 0.657. The predicted molar refractivity (Wildman–Crippen MR) is 85.0 cm³/mol. The fraction of sp³-hybridized carbons (Fsp3) is 0.188. The number of halogens is 1. The molecule has 0 aliphatic heterocycles. The summed E-state index contributed by atoms with van der Waals surface area (Å²) in [5.41, 5.74) is 1.40. The third-order valence-electron chi connectivity index (χ3n) is 3.16. The van der Waals surface area contributed by atoms with Gasteiger partial charge >= 0.3 is 0 Å². The molecule has 0 spiro atoms. The van der Waals surface area contributed by atoms with Crippen LogP contribution in [0.4, 0.5) is 5.69 Å². The van der Waals surface area contributed by atoms with Crippen LogP contribution in [0.2, 0.25) is 5.02 Å². The molecule has 0 bridgehead atoms. The number of benzene rings is 2. The van der Waals surface area contributed by atoms with Crippen molar-refractivity contribution in [2.75, 3.05) is 6.54 Å². The van der Waals surface area contributed by atoms with Gasteiger partial charge in [-0.3, -0.25) is 14.9 Å². The van der Waals surface area contributed by atoms with Crippen LogP contribution in [0.25, 0.3) is 0 Å². The van der Waals surface area contributed by atoms with E-state index in [1.54, 1.807) is 24.3 Å². The summed E-state index contributed by atoms with van der Waals surface area (Å²) in [7, 11) is 0. The lowest BCUT2D eigenvalue weighted by Crippen LogP contribution is -2.27. The Bertz CT molecular complexity index is 689. The predicted octanol–water partition coefficient (Wildman–Crippen LogP) is 3.15. The maximum atomic E-state index is 11.9. The number of nitro benzene ring substituents is 1. The van der Waals surface area contributed by atoms with Gasteiger partial charge in [-0.1, -0.05) is 41.9 Å². The Morgan fingerprint density at radius 2 is 1.95 bits per heavy atom. The van der Waals surface area contributed by atoms with E-state index >= 15 is 0 Å². The fourth-order valence-corrected chi connectivity index (χ4v) is 2.33. The highest BCUT2D eigenvalue weighted by Gasteiger charge is 2.15. The van der Waals surface area contributed by atoms with E-state index in [0.717, 1.165) is 5.56 Å². The average Bonchev–Trinajstić information content (AvgIpc) is 2.47. The van der Waals surface area contributed by atoms with Crippen molar-refractivity contribution in [3.63, 3.8) is 0 Å². The number of para-hydroxylation sites is 1. The van der Waals surface area contributed by atoms with Gasteiger partial charge in [0.1, 0.15) is 0 Å². The molecule has 1 amide bonds. The zero-order valence-electron chi connectivity index (χ0n) is 11.8. The topological polar surface area (TPSA) is 72.2 Å². The molecule has 0 heterocycles. The second kappa shape index (κ2) is 7.56. The molecule has 0 saturated carbocycles. The third-order valence-corrected chi connectivity index (χ3v) is 3.40. The first-order chi connectivity index (χ1) is 10.6. The summed E-state index contributed by atoms with van der Waals surface area (Å²) in [5, 5.41) is 14.3. The van der Waals surface area contributed by atoms with E-state index in [9.17, 15) is 14.9 Å². The lowest BCUT2D eigenvalue weighted by Gasteiger charge is -2.06. The van der Waals surface area contributed by atoms with Crippen LogP contribution in [0.15, 0.2) is 48.5 Å². The van der Waals surface area contributed by atoms with Crippen LogP contribution < -0.4 is 5.32 Å². The number of rotatable bonds is 6. The van der Waals surface area contributed by atoms with Crippen LogP contribution >= 0.6 is 11.6 Å². The first-order valence-corrected chi connectivity index (χ1v) is 7.17. The Morgan fingerprint density at radius 3 is 2.68 bits per heavy atom. The van der Waals surface area contributed by atoms with Crippen molar-refractivity contribution in [3.8, 4) is 0 Å². The van der Waals surface area contributed by atoms with Gasteiger partial charge in [-0.15, -0.1) is 0 Å². The van der Waals surface area contributed by atoms with Gasteiger partial charge in [0.25, 0.3) is 5.69 Å². The van der Waals surface area contributed by atoms with Gasteiger partial charge in [-0.05, 0) is 24.1 Å². The van der Waals surface area contributed by atoms with Crippen molar-refractivity contribution in [1.82, 2.24) is 5.32 Å². The molecule has 22 heavy (non-hydrogen) atoms. The summed E-state index contributed by atoms with van der Waals surface area (Å²) in [6.45, 7) is 0.458. The Morgan fingerprint density at radius 1 is 1.18 bits per heavy atom. The molecule has 0 unspecified atom stereocenters. The first-order valence-electron chi connectivity index (χ1n) is 6.79. The Balaban J connectivity index is 1.87. The van der Waals surface area contributed by atoms with Crippen molar-refractivity contribution in [3.05, 3.63) is 74.8 Å². The highest BCUT2D eigenvalue weighted by Crippen LogP contribution is 2.18. The van der Waals surface area contributed by atoms with Gasteiger partial charge in [0.05, 0.1) is 11.3 Å². The molecular formula is C16H15ClN2O3. The van der Waals surface area contributed by atoms with E-state index in [1.807, 2.05) is 18.2 Å². The van der Waals surface area contributed by atoms with Gasteiger partial charge in [0, 0.05) is 23.2 Å². The minimum Gasteiger partial charge on any atom is -0.355 e. The molecule has 0 aliphatic carbocycles. The highest BCUT2D eigenvalue weighted by molar-refractivity contribution is 6.30. The number of carbonyl (C=O) groups is 1. The summed E-state index contributed by atoms with van der Waals surface area (Å²) < 4.78 is 0. The summed E-state index contributed by atoms with van der Waals surface area (Å²) in [5.74, 6) is -0.240. The molecule has 6 heteroatoms. The maximum absolute atomic E-state index is 11.9.